The number of carboxylic acids is 1. The van der Waals surface area contributed by atoms with Gasteiger partial charge in [0.1, 0.15) is 0 Å². The van der Waals surface area contributed by atoms with Crippen LogP contribution in [-0.2, 0) is 4.79 Å². The maximum Gasteiger partial charge on any atom is 0.311 e. The highest BCUT2D eigenvalue weighted by molar-refractivity contribution is 5.97. The number of aliphatic carboxylic acids is 1. The number of rotatable bonds is 3. The lowest BCUT2D eigenvalue weighted by molar-refractivity contribution is -0.150. The number of aryl methyl sites for hydroxylation is 2. The van der Waals surface area contributed by atoms with Crippen LogP contribution in [0.4, 0.5) is 0 Å². The molecule has 6 heteroatoms. The van der Waals surface area contributed by atoms with Crippen LogP contribution in [0.1, 0.15) is 42.0 Å². The summed E-state index contributed by atoms with van der Waals surface area (Å²) in [6, 6.07) is 0. The van der Waals surface area contributed by atoms with Gasteiger partial charge in [0.25, 0.3) is 5.91 Å². The molecule has 1 fully saturated rings. The van der Waals surface area contributed by atoms with Crippen LogP contribution < -0.4 is 0 Å². The molecular formula is C14H21N3O3. The first kappa shape index (κ1) is 14.6. The number of amides is 1. The Balaban J connectivity index is 2.25. The summed E-state index contributed by atoms with van der Waals surface area (Å²) < 4.78 is 0. The molecule has 0 aliphatic carbocycles. The predicted molar refractivity (Wildman–Crippen MR) is 73.5 cm³/mol. The van der Waals surface area contributed by atoms with E-state index in [-0.39, 0.29) is 18.4 Å². The van der Waals surface area contributed by atoms with Gasteiger partial charge in [0.05, 0.1) is 16.7 Å². The van der Waals surface area contributed by atoms with Gasteiger partial charge in [-0.1, -0.05) is 13.8 Å². The van der Waals surface area contributed by atoms with Crippen LogP contribution in [0, 0.1) is 25.2 Å². The molecular weight excluding hydrogens is 258 g/mol. The summed E-state index contributed by atoms with van der Waals surface area (Å²) >= 11 is 0. The standard InChI is InChI=1S/C14H21N3O3/c1-8(2)14(13(19)20)5-6-17(7-14)12(18)11-9(3)15-16-10(11)4/h8H,5-7H2,1-4H3,(H,15,16)(H,19,20). The average molecular weight is 279 g/mol. The molecule has 0 bridgehead atoms. The quantitative estimate of drug-likeness (QED) is 0.880. The molecule has 2 rings (SSSR count). The minimum atomic E-state index is -0.832. The number of H-pyrrole nitrogens is 1. The molecule has 1 aromatic heterocycles. The highest BCUT2D eigenvalue weighted by Gasteiger charge is 2.48. The second kappa shape index (κ2) is 4.92. The normalized spacial score (nSPS) is 22.6. The lowest BCUT2D eigenvalue weighted by Crippen LogP contribution is -2.40. The Bertz CT molecular complexity index is 530. The second-order valence-electron chi connectivity index (χ2n) is 5.90. The maximum absolute atomic E-state index is 12.6. The molecule has 1 saturated heterocycles. The molecule has 1 aromatic rings. The van der Waals surface area contributed by atoms with Crippen LogP contribution in [0.15, 0.2) is 0 Å². The van der Waals surface area contributed by atoms with Crippen molar-refractivity contribution in [2.45, 2.75) is 34.1 Å². The van der Waals surface area contributed by atoms with E-state index in [1.165, 1.54) is 0 Å². The molecule has 1 atom stereocenters. The minimum absolute atomic E-state index is 0.00987. The molecule has 1 amide bonds. The smallest absolute Gasteiger partial charge is 0.311 e. The number of carbonyl (C=O) groups excluding carboxylic acids is 1. The third kappa shape index (κ3) is 2.09. The monoisotopic (exact) mass is 279 g/mol. The van der Waals surface area contributed by atoms with Gasteiger partial charge in [-0.3, -0.25) is 14.7 Å². The second-order valence-corrected chi connectivity index (χ2v) is 5.90. The van der Waals surface area contributed by atoms with E-state index in [2.05, 4.69) is 10.2 Å². The van der Waals surface area contributed by atoms with Gasteiger partial charge in [-0.15, -0.1) is 0 Å². The third-order valence-electron chi connectivity index (χ3n) is 4.46. The Morgan fingerprint density at radius 2 is 2.05 bits per heavy atom. The molecule has 0 saturated carbocycles. The largest absolute Gasteiger partial charge is 0.481 e. The Hall–Kier alpha value is -1.85. The van der Waals surface area contributed by atoms with E-state index in [9.17, 15) is 14.7 Å². The highest BCUT2D eigenvalue weighted by Crippen LogP contribution is 2.38. The molecule has 0 spiro atoms. The molecule has 1 aliphatic heterocycles. The lowest BCUT2D eigenvalue weighted by Gasteiger charge is -2.28. The Labute approximate surface area is 118 Å². The fourth-order valence-electron chi connectivity index (χ4n) is 2.92. The van der Waals surface area contributed by atoms with E-state index < -0.39 is 11.4 Å². The summed E-state index contributed by atoms with van der Waals surface area (Å²) in [5, 5.41) is 16.3. The number of hydrogen-bond acceptors (Lipinski definition) is 3. The van der Waals surface area contributed by atoms with Crippen molar-refractivity contribution in [3.63, 3.8) is 0 Å². The van der Waals surface area contributed by atoms with Gasteiger partial charge in [0.2, 0.25) is 0 Å². The van der Waals surface area contributed by atoms with Gasteiger partial charge in [-0.25, -0.2) is 0 Å². The summed E-state index contributed by atoms with van der Waals surface area (Å²) in [5.41, 5.74) is 1.12. The van der Waals surface area contributed by atoms with Gasteiger partial charge >= 0.3 is 5.97 Å². The fraction of sp³-hybridized carbons (Fsp3) is 0.643. The van der Waals surface area contributed by atoms with Crippen LogP contribution in [0.3, 0.4) is 0 Å². The van der Waals surface area contributed by atoms with Crippen LogP contribution in [0.2, 0.25) is 0 Å². The maximum atomic E-state index is 12.6. The van der Waals surface area contributed by atoms with Crippen LogP contribution >= 0.6 is 0 Å². The molecule has 0 aromatic carbocycles. The van der Waals surface area contributed by atoms with Crippen molar-refractivity contribution in [3.05, 3.63) is 17.0 Å². The van der Waals surface area contributed by atoms with Gasteiger partial charge in [-0.2, -0.15) is 5.10 Å². The lowest BCUT2D eigenvalue weighted by atomic mass is 9.76. The van der Waals surface area contributed by atoms with Gasteiger partial charge < -0.3 is 10.0 Å². The first-order valence-corrected chi connectivity index (χ1v) is 6.84. The fourth-order valence-corrected chi connectivity index (χ4v) is 2.92. The molecule has 6 nitrogen and oxygen atoms in total. The minimum Gasteiger partial charge on any atom is -0.481 e. The number of nitrogens with one attached hydrogen (secondary N) is 1. The highest BCUT2D eigenvalue weighted by atomic mass is 16.4. The van der Waals surface area contributed by atoms with Crippen molar-refractivity contribution < 1.29 is 14.7 Å². The molecule has 2 N–H and O–H groups in total. The molecule has 110 valence electrons. The zero-order chi connectivity index (χ0) is 15.1. The molecule has 2 heterocycles. The van der Waals surface area contributed by atoms with Crippen LogP contribution in [0.25, 0.3) is 0 Å². The Kier molecular flexibility index (Phi) is 3.58. The third-order valence-corrected chi connectivity index (χ3v) is 4.46. The molecule has 20 heavy (non-hydrogen) atoms. The summed E-state index contributed by atoms with van der Waals surface area (Å²) in [6.07, 6.45) is 0.502. The van der Waals surface area contributed by atoms with Gasteiger partial charge in [0, 0.05) is 18.8 Å². The number of carboxylic acid groups (broad SMARTS) is 1. The zero-order valence-electron chi connectivity index (χ0n) is 12.4. The van der Waals surface area contributed by atoms with E-state index in [1.807, 2.05) is 13.8 Å². The van der Waals surface area contributed by atoms with Crippen LogP contribution in [-0.4, -0.2) is 45.2 Å². The van der Waals surface area contributed by atoms with E-state index in [0.717, 1.165) is 5.69 Å². The summed E-state index contributed by atoms with van der Waals surface area (Å²) in [6.45, 7) is 8.12. The number of carbonyl (C=O) groups is 2. The zero-order valence-corrected chi connectivity index (χ0v) is 12.4. The van der Waals surface area contributed by atoms with E-state index in [0.29, 0.717) is 24.2 Å². The number of likely N-dealkylation sites (tertiary alicyclic amines) is 1. The average Bonchev–Trinajstić information content (AvgIpc) is 2.94. The SMILES string of the molecule is Cc1n[nH]c(C)c1C(=O)N1CCC(C(=O)O)(C(C)C)C1. The van der Waals surface area contributed by atoms with Gasteiger partial charge in [-0.05, 0) is 26.2 Å². The predicted octanol–water partition coefficient (Wildman–Crippen LogP) is 1.60. The summed E-state index contributed by atoms with van der Waals surface area (Å²) in [7, 11) is 0. The van der Waals surface area contributed by atoms with Crippen molar-refractivity contribution in [2.24, 2.45) is 11.3 Å². The van der Waals surface area contributed by atoms with Gasteiger partial charge in [0.15, 0.2) is 0 Å². The van der Waals surface area contributed by atoms with E-state index in [1.54, 1.807) is 18.7 Å². The van der Waals surface area contributed by atoms with Crippen molar-refractivity contribution in [1.82, 2.24) is 15.1 Å². The summed E-state index contributed by atoms with van der Waals surface area (Å²) in [5.74, 6) is -0.953. The topological polar surface area (TPSA) is 86.3 Å². The van der Waals surface area contributed by atoms with E-state index >= 15 is 0 Å². The summed E-state index contributed by atoms with van der Waals surface area (Å²) in [4.78, 5) is 25.8. The van der Waals surface area contributed by atoms with Crippen molar-refractivity contribution in [1.29, 1.82) is 0 Å². The molecule has 1 aliphatic rings. The Morgan fingerprint density at radius 1 is 1.40 bits per heavy atom. The first-order valence-electron chi connectivity index (χ1n) is 6.84. The number of aromatic nitrogens is 2. The number of aromatic amines is 1. The number of nitrogens with zero attached hydrogens (tertiary/aromatic N) is 2. The molecule has 0 radical (unpaired) electrons. The van der Waals surface area contributed by atoms with Crippen molar-refractivity contribution in [3.8, 4) is 0 Å². The van der Waals surface area contributed by atoms with Crippen molar-refractivity contribution >= 4 is 11.9 Å². The van der Waals surface area contributed by atoms with Crippen LogP contribution in [0.5, 0.6) is 0 Å². The van der Waals surface area contributed by atoms with Crippen molar-refractivity contribution in [2.75, 3.05) is 13.1 Å². The first-order chi connectivity index (χ1) is 9.29. The number of hydrogen-bond donors (Lipinski definition) is 2. The van der Waals surface area contributed by atoms with E-state index in [4.69, 9.17) is 0 Å². The molecule has 1 unspecified atom stereocenters. The Morgan fingerprint density at radius 3 is 2.45 bits per heavy atom.